The summed E-state index contributed by atoms with van der Waals surface area (Å²) in [4.78, 5) is 17.8. The molecule has 2 heterocycles. The number of methoxy groups -OCH3 is 2. The van der Waals surface area contributed by atoms with Crippen LogP contribution in [-0.4, -0.2) is 56.1 Å². The van der Waals surface area contributed by atoms with Gasteiger partial charge in [0, 0.05) is 37.3 Å². The van der Waals surface area contributed by atoms with E-state index in [9.17, 15) is 4.79 Å². The fraction of sp³-hybridized carbons (Fsp3) is 0.682. The molecular formula is C22H32N2O3. The van der Waals surface area contributed by atoms with Crippen molar-refractivity contribution in [1.82, 2.24) is 9.80 Å². The number of amides is 1. The number of benzene rings is 1. The van der Waals surface area contributed by atoms with Crippen LogP contribution in [0, 0.1) is 18.3 Å². The van der Waals surface area contributed by atoms with Crippen molar-refractivity contribution in [1.29, 1.82) is 0 Å². The molecule has 3 aliphatic rings. The van der Waals surface area contributed by atoms with Gasteiger partial charge in [-0.25, -0.2) is 0 Å². The highest BCUT2D eigenvalue weighted by Gasteiger charge is 2.48. The third kappa shape index (κ3) is 3.54. The summed E-state index contributed by atoms with van der Waals surface area (Å²) in [5.41, 5.74) is 2.06. The zero-order valence-electron chi connectivity index (χ0n) is 16.9. The number of hydrogen-bond donors (Lipinski definition) is 0. The maximum absolute atomic E-state index is 13.2. The van der Waals surface area contributed by atoms with Crippen molar-refractivity contribution in [3.05, 3.63) is 23.3 Å². The largest absolute Gasteiger partial charge is 0.496 e. The molecule has 148 valence electrons. The van der Waals surface area contributed by atoms with Crippen molar-refractivity contribution < 1.29 is 14.3 Å². The summed E-state index contributed by atoms with van der Waals surface area (Å²) in [6.07, 6.45) is 5.79. The van der Waals surface area contributed by atoms with Crippen molar-refractivity contribution in [3.63, 3.8) is 0 Å². The summed E-state index contributed by atoms with van der Waals surface area (Å²) in [7, 11) is 3.41. The number of rotatable bonds is 6. The molecule has 1 aromatic carbocycles. The highest BCUT2D eigenvalue weighted by Crippen LogP contribution is 2.42. The van der Waals surface area contributed by atoms with Crippen LogP contribution in [0.1, 0.15) is 43.2 Å². The molecule has 4 rings (SSSR count). The molecule has 3 fully saturated rings. The quantitative estimate of drug-likeness (QED) is 0.769. The minimum atomic E-state index is -0.151. The lowest BCUT2D eigenvalue weighted by atomic mass is 9.78. The summed E-state index contributed by atoms with van der Waals surface area (Å²) in [6.45, 7) is 6.67. The molecule has 0 radical (unpaired) electrons. The molecule has 0 aromatic heterocycles. The van der Waals surface area contributed by atoms with E-state index in [1.54, 1.807) is 14.2 Å². The van der Waals surface area contributed by atoms with Crippen LogP contribution in [0.15, 0.2) is 12.1 Å². The molecule has 1 spiro atoms. The molecule has 1 aromatic rings. The maximum Gasteiger partial charge on any atom is 0.230 e. The zero-order valence-corrected chi connectivity index (χ0v) is 16.9. The lowest BCUT2D eigenvalue weighted by Gasteiger charge is -2.39. The van der Waals surface area contributed by atoms with Crippen molar-refractivity contribution in [2.75, 3.05) is 40.4 Å². The monoisotopic (exact) mass is 372 g/mol. The van der Waals surface area contributed by atoms with Gasteiger partial charge >= 0.3 is 0 Å². The molecule has 2 saturated heterocycles. The predicted octanol–water partition coefficient (Wildman–Crippen LogP) is 3.24. The highest BCUT2D eigenvalue weighted by atomic mass is 16.5. The number of ether oxygens (including phenoxy) is 2. The molecule has 0 N–H and O–H groups in total. The molecule has 0 bridgehead atoms. The molecule has 5 nitrogen and oxygen atoms in total. The van der Waals surface area contributed by atoms with Gasteiger partial charge in [-0.15, -0.1) is 0 Å². The average molecular weight is 373 g/mol. The Morgan fingerprint density at radius 3 is 2.67 bits per heavy atom. The van der Waals surface area contributed by atoms with Gasteiger partial charge in [0.2, 0.25) is 5.91 Å². The van der Waals surface area contributed by atoms with Crippen LogP contribution >= 0.6 is 0 Å². The molecule has 1 saturated carbocycles. The van der Waals surface area contributed by atoms with E-state index < -0.39 is 0 Å². The highest BCUT2D eigenvalue weighted by molar-refractivity contribution is 5.84. The van der Waals surface area contributed by atoms with Crippen LogP contribution in [0.25, 0.3) is 0 Å². The summed E-state index contributed by atoms with van der Waals surface area (Å²) >= 11 is 0. The van der Waals surface area contributed by atoms with E-state index >= 15 is 0 Å². The van der Waals surface area contributed by atoms with Gasteiger partial charge in [-0.3, -0.25) is 9.69 Å². The predicted molar refractivity (Wildman–Crippen MR) is 105 cm³/mol. The Hall–Kier alpha value is -1.75. The Bertz CT molecular complexity index is 716. The first-order chi connectivity index (χ1) is 13.1. The SMILES string of the molecule is COc1ccc(CN2CC[C@@]3(CCCN(CC4CC4)C3=O)C2)c(OC)c1C. The summed E-state index contributed by atoms with van der Waals surface area (Å²) in [5.74, 6) is 2.95. The summed E-state index contributed by atoms with van der Waals surface area (Å²) in [6, 6.07) is 4.11. The van der Waals surface area contributed by atoms with E-state index in [4.69, 9.17) is 9.47 Å². The number of piperidine rings is 1. The van der Waals surface area contributed by atoms with Crippen molar-refractivity contribution >= 4 is 5.91 Å². The Balaban J connectivity index is 1.46. The van der Waals surface area contributed by atoms with E-state index in [-0.39, 0.29) is 5.41 Å². The minimum absolute atomic E-state index is 0.151. The third-order valence-corrected chi connectivity index (χ3v) is 6.69. The first kappa shape index (κ1) is 18.6. The van der Waals surface area contributed by atoms with E-state index in [1.165, 1.54) is 18.4 Å². The molecule has 1 amide bonds. The van der Waals surface area contributed by atoms with Gasteiger partial charge in [-0.05, 0) is 57.6 Å². The van der Waals surface area contributed by atoms with Gasteiger partial charge in [-0.2, -0.15) is 0 Å². The first-order valence-corrected chi connectivity index (χ1v) is 10.3. The second kappa shape index (κ2) is 7.34. The Kier molecular flexibility index (Phi) is 5.06. The second-order valence-electron chi connectivity index (χ2n) is 8.62. The fourth-order valence-corrected chi connectivity index (χ4v) is 5.01. The molecular weight excluding hydrogens is 340 g/mol. The van der Waals surface area contributed by atoms with Gasteiger partial charge in [0.05, 0.1) is 19.6 Å². The van der Waals surface area contributed by atoms with Gasteiger partial charge in [0.15, 0.2) is 0 Å². The number of likely N-dealkylation sites (tertiary alicyclic amines) is 2. The Labute approximate surface area is 162 Å². The molecule has 0 unspecified atom stereocenters. The van der Waals surface area contributed by atoms with Crippen LogP contribution in [0.2, 0.25) is 0 Å². The molecule has 27 heavy (non-hydrogen) atoms. The Morgan fingerprint density at radius 1 is 1.15 bits per heavy atom. The minimum Gasteiger partial charge on any atom is -0.496 e. The van der Waals surface area contributed by atoms with Crippen molar-refractivity contribution in [2.24, 2.45) is 11.3 Å². The summed E-state index contributed by atoms with van der Waals surface area (Å²) in [5, 5.41) is 0. The van der Waals surface area contributed by atoms with Crippen molar-refractivity contribution in [2.45, 2.75) is 45.6 Å². The number of hydrogen-bond acceptors (Lipinski definition) is 4. The number of carbonyl (C=O) groups excluding carboxylic acids is 1. The second-order valence-corrected chi connectivity index (χ2v) is 8.62. The third-order valence-electron chi connectivity index (χ3n) is 6.69. The number of carbonyl (C=O) groups is 1. The molecule has 1 aliphatic carbocycles. The van der Waals surface area contributed by atoms with Crippen LogP contribution in [-0.2, 0) is 11.3 Å². The van der Waals surface area contributed by atoms with Crippen molar-refractivity contribution in [3.8, 4) is 11.5 Å². The smallest absolute Gasteiger partial charge is 0.230 e. The van der Waals surface area contributed by atoms with E-state index in [2.05, 4.69) is 15.9 Å². The summed E-state index contributed by atoms with van der Waals surface area (Å²) < 4.78 is 11.1. The van der Waals surface area contributed by atoms with E-state index in [0.717, 1.165) is 75.0 Å². The van der Waals surface area contributed by atoms with E-state index in [1.807, 2.05) is 13.0 Å². The normalized spacial score (nSPS) is 26.0. The molecule has 5 heteroatoms. The van der Waals surface area contributed by atoms with Gasteiger partial charge in [-0.1, -0.05) is 6.07 Å². The van der Waals surface area contributed by atoms with Crippen LogP contribution in [0.5, 0.6) is 11.5 Å². The van der Waals surface area contributed by atoms with Gasteiger partial charge in [0.1, 0.15) is 11.5 Å². The lowest BCUT2D eigenvalue weighted by molar-refractivity contribution is -0.145. The van der Waals surface area contributed by atoms with Gasteiger partial charge < -0.3 is 14.4 Å². The molecule has 1 atom stereocenters. The Morgan fingerprint density at radius 2 is 1.96 bits per heavy atom. The maximum atomic E-state index is 13.2. The topological polar surface area (TPSA) is 42.0 Å². The van der Waals surface area contributed by atoms with Crippen LogP contribution in [0.4, 0.5) is 0 Å². The van der Waals surface area contributed by atoms with Crippen LogP contribution in [0.3, 0.4) is 0 Å². The first-order valence-electron chi connectivity index (χ1n) is 10.3. The zero-order chi connectivity index (χ0) is 19.0. The standard InChI is InChI=1S/C22H32N2O3/c1-16-19(26-2)8-7-18(20(16)27-3)14-23-12-10-22(15-23)9-4-11-24(21(22)25)13-17-5-6-17/h7-8,17H,4-6,9-15H2,1-3H3/t22-/m0/s1. The molecule has 2 aliphatic heterocycles. The number of nitrogens with zero attached hydrogens (tertiary/aromatic N) is 2. The van der Waals surface area contributed by atoms with Gasteiger partial charge in [0.25, 0.3) is 0 Å². The fourth-order valence-electron chi connectivity index (χ4n) is 5.01. The van der Waals surface area contributed by atoms with E-state index in [0.29, 0.717) is 5.91 Å². The van der Waals surface area contributed by atoms with Crippen LogP contribution < -0.4 is 9.47 Å². The lowest BCUT2D eigenvalue weighted by Crippen LogP contribution is -2.50. The average Bonchev–Trinajstić information content (AvgIpc) is 3.39.